The van der Waals surface area contributed by atoms with E-state index < -0.39 is 0 Å². The fourth-order valence-electron chi connectivity index (χ4n) is 1.73. The van der Waals surface area contributed by atoms with E-state index in [1.165, 1.54) is 19.3 Å². The van der Waals surface area contributed by atoms with Crippen molar-refractivity contribution in [2.75, 3.05) is 6.54 Å². The molecule has 1 aliphatic rings. The molecule has 0 aromatic carbocycles. The molecule has 0 saturated heterocycles. The zero-order valence-electron chi connectivity index (χ0n) is 8.56. The Balaban J connectivity index is 2.42. The summed E-state index contributed by atoms with van der Waals surface area (Å²) >= 11 is 0. The molecule has 12 heavy (non-hydrogen) atoms. The lowest BCUT2D eigenvalue weighted by Crippen LogP contribution is -2.53. The molecule has 0 amide bonds. The molecule has 2 unspecified atom stereocenters. The SMILES string of the molecule is CCC(C)NC(C)(CN)C1CC1. The normalized spacial score (nSPS) is 25.0. The van der Waals surface area contributed by atoms with Crippen molar-refractivity contribution in [1.29, 1.82) is 0 Å². The standard InChI is InChI=1S/C10H22N2/c1-4-8(2)12-10(3,7-11)9-5-6-9/h8-9,12H,4-7,11H2,1-3H3. The van der Waals surface area contributed by atoms with Crippen LogP contribution in [0, 0.1) is 5.92 Å². The second kappa shape index (κ2) is 3.75. The van der Waals surface area contributed by atoms with Crippen LogP contribution in [-0.4, -0.2) is 18.1 Å². The summed E-state index contributed by atoms with van der Waals surface area (Å²) in [5.74, 6) is 0.830. The first-order valence-electron chi connectivity index (χ1n) is 5.10. The van der Waals surface area contributed by atoms with E-state index in [2.05, 4.69) is 26.1 Å². The Bertz CT molecular complexity index is 143. The van der Waals surface area contributed by atoms with Gasteiger partial charge in [0.05, 0.1) is 0 Å². The van der Waals surface area contributed by atoms with Crippen molar-refractivity contribution in [3.63, 3.8) is 0 Å². The number of hydrogen-bond acceptors (Lipinski definition) is 2. The van der Waals surface area contributed by atoms with Crippen molar-refractivity contribution in [2.24, 2.45) is 11.7 Å². The van der Waals surface area contributed by atoms with Crippen molar-refractivity contribution in [1.82, 2.24) is 5.32 Å². The predicted octanol–water partition coefficient (Wildman–Crippen LogP) is 1.50. The fourth-order valence-corrected chi connectivity index (χ4v) is 1.73. The maximum Gasteiger partial charge on any atom is 0.0306 e. The van der Waals surface area contributed by atoms with E-state index in [-0.39, 0.29) is 5.54 Å². The van der Waals surface area contributed by atoms with Gasteiger partial charge >= 0.3 is 0 Å². The summed E-state index contributed by atoms with van der Waals surface area (Å²) in [5, 5.41) is 3.63. The van der Waals surface area contributed by atoms with Gasteiger partial charge in [0.2, 0.25) is 0 Å². The molecular weight excluding hydrogens is 148 g/mol. The van der Waals surface area contributed by atoms with E-state index in [0.717, 1.165) is 12.5 Å². The van der Waals surface area contributed by atoms with Crippen LogP contribution in [0.2, 0.25) is 0 Å². The van der Waals surface area contributed by atoms with Gasteiger partial charge in [0.15, 0.2) is 0 Å². The van der Waals surface area contributed by atoms with E-state index >= 15 is 0 Å². The first-order chi connectivity index (χ1) is 5.62. The van der Waals surface area contributed by atoms with E-state index in [1.807, 2.05) is 0 Å². The second-order valence-electron chi connectivity index (χ2n) is 4.35. The third-order valence-corrected chi connectivity index (χ3v) is 3.09. The Morgan fingerprint density at radius 3 is 2.50 bits per heavy atom. The van der Waals surface area contributed by atoms with Crippen LogP contribution in [0.3, 0.4) is 0 Å². The smallest absolute Gasteiger partial charge is 0.0306 e. The van der Waals surface area contributed by atoms with Gasteiger partial charge in [0.25, 0.3) is 0 Å². The van der Waals surface area contributed by atoms with Crippen LogP contribution in [0.1, 0.15) is 40.0 Å². The number of nitrogens with one attached hydrogen (secondary N) is 1. The van der Waals surface area contributed by atoms with Crippen molar-refractivity contribution in [3.8, 4) is 0 Å². The van der Waals surface area contributed by atoms with Crippen LogP contribution < -0.4 is 11.1 Å². The Kier molecular flexibility index (Phi) is 3.13. The van der Waals surface area contributed by atoms with Gasteiger partial charge in [0.1, 0.15) is 0 Å². The Labute approximate surface area is 75.9 Å². The second-order valence-corrected chi connectivity index (χ2v) is 4.35. The first kappa shape index (κ1) is 10.0. The Hall–Kier alpha value is -0.0800. The van der Waals surface area contributed by atoms with Crippen LogP contribution in [0.15, 0.2) is 0 Å². The molecule has 72 valence electrons. The van der Waals surface area contributed by atoms with Gasteiger partial charge in [-0.05, 0) is 39.0 Å². The molecule has 0 aromatic heterocycles. The molecule has 0 aliphatic heterocycles. The van der Waals surface area contributed by atoms with Gasteiger partial charge in [-0.2, -0.15) is 0 Å². The van der Waals surface area contributed by atoms with Crippen molar-refractivity contribution >= 4 is 0 Å². The summed E-state index contributed by atoms with van der Waals surface area (Å²) in [6, 6.07) is 0.596. The number of hydrogen-bond donors (Lipinski definition) is 2. The summed E-state index contributed by atoms with van der Waals surface area (Å²) in [6.07, 6.45) is 3.90. The topological polar surface area (TPSA) is 38.0 Å². The monoisotopic (exact) mass is 170 g/mol. The molecule has 2 atom stereocenters. The summed E-state index contributed by atoms with van der Waals surface area (Å²) in [4.78, 5) is 0. The fraction of sp³-hybridized carbons (Fsp3) is 1.00. The highest BCUT2D eigenvalue weighted by Crippen LogP contribution is 2.39. The van der Waals surface area contributed by atoms with Crippen LogP contribution in [0.5, 0.6) is 0 Å². The highest BCUT2D eigenvalue weighted by atomic mass is 15.0. The van der Waals surface area contributed by atoms with Crippen molar-refractivity contribution < 1.29 is 0 Å². The maximum atomic E-state index is 5.79. The van der Waals surface area contributed by atoms with Gasteiger partial charge in [0, 0.05) is 18.1 Å². The maximum absolute atomic E-state index is 5.79. The minimum atomic E-state index is 0.204. The lowest BCUT2D eigenvalue weighted by molar-refractivity contribution is 0.283. The minimum absolute atomic E-state index is 0.204. The van der Waals surface area contributed by atoms with E-state index in [9.17, 15) is 0 Å². The van der Waals surface area contributed by atoms with Crippen LogP contribution >= 0.6 is 0 Å². The van der Waals surface area contributed by atoms with Crippen LogP contribution in [0.4, 0.5) is 0 Å². The molecule has 1 rings (SSSR count). The average Bonchev–Trinajstić information content (AvgIpc) is 2.86. The van der Waals surface area contributed by atoms with Gasteiger partial charge in [-0.25, -0.2) is 0 Å². The molecule has 0 aromatic rings. The van der Waals surface area contributed by atoms with E-state index in [1.54, 1.807) is 0 Å². The number of rotatable bonds is 5. The minimum Gasteiger partial charge on any atom is -0.329 e. The lowest BCUT2D eigenvalue weighted by Gasteiger charge is -2.32. The van der Waals surface area contributed by atoms with Gasteiger partial charge in [-0.1, -0.05) is 6.92 Å². The van der Waals surface area contributed by atoms with E-state index in [0.29, 0.717) is 6.04 Å². The quantitative estimate of drug-likeness (QED) is 0.656. The molecule has 0 radical (unpaired) electrons. The Morgan fingerprint density at radius 2 is 2.17 bits per heavy atom. The molecule has 2 nitrogen and oxygen atoms in total. The molecular formula is C10H22N2. The highest BCUT2D eigenvalue weighted by molar-refractivity contribution is 4.99. The summed E-state index contributed by atoms with van der Waals surface area (Å²) < 4.78 is 0. The zero-order valence-corrected chi connectivity index (χ0v) is 8.56. The molecule has 1 aliphatic carbocycles. The molecule has 0 spiro atoms. The average molecular weight is 170 g/mol. The molecule has 3 N–H and O–H groups in total. The molecule has 0 bridgehead atoms. The molecule has 1 saturated carbocycles. The Morgan fingerprint density at radius 1 is 1.58 bits per heavy atom. The largest absolute Gasteiger partial charge is 0.329 e. The van der Waals surface area contributed by atoms with Gasteiger partial charge in [-0.15, -0.1) is 0 Å². The molecule has 0 heterocycles. The summed E-state index contributed by atoms with van der Waals surface area (Å²) in [6.45, 7) is 7.47. The number of nitrogens with two attached hydrogens (primary N) is 1. The van der Waals surface area contributed by atoms with Crippen LogP contribution in [0.25, 0.3) is 0 Å². The van der Waals surface area contributed by atoms with Gasteiger partial charge < -0.3 is 11.1 Å². The van der Waals surface area contributed by atoms with E-state index in [4.69, 9.17) is 5.73 Å². The van der Waals surface area contributed by atoms with Crippen LogP contribution in [-0.2, 0) is 0 Å². The van der Waals surface area contributed by atoms with Crippen molar-refractivity contribution in [3.05, 3.63) is 0 Å². The highest BCUT2D eigenvalue weighted by Gasteiger charge is 2.40. The third kappa shape index (κ3) is 2.20. The molecule has 1 fully saturated rings. The lowest BCUT2D eigenvalue weighted by atomic mass is 9.94. The zero-order chi connectivity index (χ0) is 9.19. The third-order valence-electron chi connectivity index (χ3n) is 3.09. The predicted molar refractivity (Wildman–Crippen MR) is 53.1 cm³/mol. The van der Waals surface area contributed by atoms with Gasteiger partial charge in [-0.3, -0.25) is 0 Å². The molecule has 2 heteroatoms. The summed E-state index contributed by atoms with van der Waals surface area (Å²) in [7, 11) is 0. The summed E-state index contributed by atoms with van der Waals surface area (Å²) in [5.41, 5.74) is 5.99. The van der Waals surface area contributed by atoms with Crippen molar-refractivity contribution in [2.45, 2.75) is 51.6 Å². The first-order valence-corrected chi connectivity index (χ1v) is 5.10.